The van der Waals surface area contributed by atoms with E-state index in [9.17, 15) is 19.5 Å². The van der Waals surface area contributed by atoms with Crippen molar-refractivity contribution in [3.63, 3.8) is 0 Å². The monoisotopic (exact) mass is 337 g/mol. The average molecular weight is 337 g/mol. The fraction of sp³-hybridized carbons (Fsp3) is 0.154. The van der Waals surface area contributed by atoms with E-state index in [-0.39, 0.29) is 9.23 Å². The number of nitrogens with two attached hydrogens (primary N) is 1. The quantitative estimate of drug-likeness (QED) is 0.598. The van der Waals surface area contributed by atoms with Gasteiger partial charge in [0.15, 0.2) is 0 Å². The number of primary amides is 1. The van der Waals surface area contributed by atoms with Gasteiger partial charge >= 0.3 is 5.97 Å². The number of amides is 2. The van der Waals surface area contributed by atoms with Crippen molar-refractivity contribution in [2.24, 2.45) is 5.73 Å². The molecule has 0 saturated carbocycles. The standard InChI is InChI=1S/C13H11N3O4S2/c14-10(17)6-8(12(19)20)16-11(18)9(22-13(16)21)5-7-1-3-15-4-2-7/h1-5,8H,6H2,(H2,14,17)(H,19,20)/b9-5-. The van der Waals surface area contributed by atoms with E-state index in [1.165, 1.54) is 0 Å². The fourth-order valence-corrected chi connectivity index (χ4v) is 3.20. The highest BCUT2D eigenvalue weighted by molar-refractivity contribution is 8.26. The number of pyridine rings is 1. The molecule has 1 aliphatic heterocycles. The van der Waals surface area contributed by atoms with E-state index in [1.807, 2.05) is 0 Å². The lowest BCUT2D eigenvalue weighted by Gasteiger charge is -2.21. The number of thioether (sulfide) groups is 1. The van der Waals surface area contributed by atoms with Gasteiger partial charge in [0.2, 0.25) is 5.91 Å². The van der Waals surface area contributed by atoms with E-state index in [1.54, 1.807) is 30.6 Å². The summed E-state index contributed by atoms with van der Waals surface area (Å²) >= 11 is 6.04. The largest absolute Gasteiger partial charge is 0.480 e. The van der Waals surface area contributed by atoms with E-state index < -0.39 is 30.2 Å². The molecule has 0 radical (unpaired) electrons. The van der Waals surface area contributed by atoms with Gasteiger partial charge in [-0.1, -0.05) is 24.0 Å². The second-order valence-corrected chi connectivity index (χ2v) is 6.03. The van der Waals surface area contributed by atoms with Crippen molar-refractivity contribution in [2.75, 3.05) is 0 Å². The van der Waals surface area contributed by atoms with Crippen molar-refractivity contribution in [2.45, 2.75) is 12.5 Å². The molecule has 1 fully saturated rings. The Labute approximate surface area is 135 Å². The maximum Gasteiger partial charge on any atom is 0.327 e. The Balaban J connectivity index is 2.30. The van der Waals surface area contributed by atoms with E-state index in [2.05, 4.69) is 4.98 Å². The number of hydrogen-bond donors (Lipinski definition) is 2. The Bertz CT molecular complexity index is 675. The summed E-state index contributed by atoms with van der Waals surface area (Å²) in [5.74, 6) is -2.71. The van der Waals surface area contributed by atoms with Crippen LogP contribution in [0.5, 0.6) is 0 Å². The molecule has 114 valence electrons. The normalized spacial score (nSPS) is 17.8. The molecule has 1 unspecified atom stereocenters. The van der Waals surface area contributed by atoms with Gasteiger partial charge in [0, 0.05) is 12.4 Å². The zero-order valence-corrected chi connectivity index (χ0v) is 12.8. The zero-order valence-electron chi connectivity index (χ0n) is 11.1. The second-order valence-electron chi connectivity index (χ2n) is 4.36. The number of nitrogens with zero attached hydrogens (tertiary/aromatic N) is 2. The molecule has 9 heteroatoms. The van der Waals surface area contributed by atoms with Crippen molar-refractivity contribution >= 4 is 52.2 Å². The molecule has 1 saturated heterocycles. The van der Waals surface area contributed by atoms with Crippen LogP contribution >= 0.6 is 24.0 Å². The minimum absolute atomic E-state index is 0.0824. The molecule has 3 N–H and O–H groups in total. The first-order valence-corrected chi connectivity index (χ1v) is 7.31. The summed E-state index contributed by atoms with van der Waals surface area (Å²) < 4.78 is 0.0824. The SMILES string of the molecule is NC(=O)CC(C(=O)O)N1C(=O)/C(=C/c2ccncc2)SC1=S. The number of aromatic nitrogens is 1. The predicted molar refractivity (Wildman–Crippen MR) is 84.5 cm³/mol. The van der Waals surface area contributed by atoms with Crippen LogP contribution in [0.1, 0.15) is 12.0 Å². The number of aliphatic carboxylic acids is 1. The number of hydrogen-bond acceptors (Lipinski definition) is 6. The van der Waals surface area contributed by atoms with Crippen molar-refractivity contribution in [3.05, 3.63) is 35.0 Å². The molecule has 1 atom stereocenters. The topological polar surface area (TPSA) is 114 Å². The molecule has 0 aromatic carbocycles. The van der Waals surface area contributed by atoms with E-state index >= 15 is 0 Å². The van der Waals surface area contributed by atoms with Crippen LogP contribution in [0.4, 0.5) is 0 Å². The van der Waals surface area contributed by atoms with Crippen LogP contribution in [0.2, 0.25) is 0 Å². The van der Waals surface area contributed by atoms with Crippen molar-refractivity contribution in [3.8, 4) is 0 Å². The number of thiocarbonyl (C=S) groups is 1. The van der Waals surface area contributed by atoms with E-state index in [4.69, 9.17) is 18.0 Å². The fourth-order valence-electron chi connectivity index (χ4n) is 1.84. The third-order valence-electron chi connectivity index (χ3n) is 2.82. The number of carboxylic acids is 1. The highest BCUT2D eigenvalue weighted by atomic mass is 32.2. The van der Waals surface area contributed by atoms with Crippen LogP contribution in [-0.4, -0.2) is 43.1 Å². The Morgan fingerprint density at radius 1 is 1.45 bits per heavy atom. The van der Waals surface area contributed by atoms with Crippen LogP contribution in [0, 0.1) is 0 Å². The van der Waals surface area contributed by atoms with Gasteiger partial charge in [-0.05, 0) is 23.8 Å². The summed E-state index contributed by atoms with van der Waals surface area (Å²) in [6.45, 7) is 0. The first-order valence-electron chi connectivity index (χ1n) is 6.08. The van der Waals surface area contributed by atoms with E-state index in [0.717, 1.165) is 22.2 Å². The molecule has 2 heterocycles. The average Bonchev–Trinajstić information content (AvgIpc) is 2.72. The summed E-state index contributed by atoms with van der Waals surface area (Å²) in [6, 6.07) is 2.00. The molecule has 2 amide bonds. The lowest BCUT2D eigenvalue weighted by Crippen LogP contribution is -2.46. The first kappa shape index (κ1) is 16.1. The van der Waals surface area contributed by atoms with Gasteiger partial charge in [0.1, 0.15) is 10.4 Å². The van der Waals surface area contributed by atoms with Crippen LogP contribution in [0.15, 0.2) is 29.4 Å². The number of carbonyl (C=O) groups excluding carboxylic acids is 2. The summed E-state index contributed by atoms with van der Waals surface area (Å²) in [5, 5.41) is 9.20. The molecule has 7 nitrogen and oxygen atoms in total. The Kier molecular flexibility index (Phi) is 4.88. The van der Waals surface area contributed by atoms with Gasteiger partial charge in [0.05, 0.1) is 11.3 Å². The highest BCUT2D eigenvalue weighted by Gasteiger charge is 2.41. The smallest absolute Gasteiger partial charge is 0.327 e. The summed E-state index contributed by atoms with van der Waals surface area (Å²) in [4.78, 5) is 39.7. The Hall–Kier alpha value is -2.26. The van der Waals surface area contributed by atoms with Gasteiger partial charge in [-0.2, -0.15) is 0 Å². The maximum atomic E-state index is 12.4. The molecule has 1 aromatic rings. The van der Waals surface area contributed by atoms with E-state index in [0.29, 0.717) is 0 Å². The lowest BCUT2D eigenvalue weighted by atomic mass is 10.1. The van der Waals surface area contributed by atoms with Crippen LogP contribution in [-0.2, 0) is 14.4 Å². The van der Waals surface area contributed by atoms with Crippen LogP contribution in [0.3, 0.4) is 0 Å². The van der Waals surface area contributed by atoms with Gasteiger partial charge in [0.25, 0.3) is 5.91 Å². The van der Waals surface area contributed by atoms with Crippen LogP contribution < -0.4 is 5.73 Å². The third kappa shape index (κ3) is 3.49. The third-order valence-corrected chi connectivity index (χ3v) is 4.15. The molecule has 0 spiro atoms. The Morgan fingerprint density at radius 3 is 2.64 bits per heavy atom. The van der Waals surface area contributed by atoms with Gasteiger partial charge in [-0.3, -0.25) is 19.5 Å². The summed E-state index contributed by atoms with van der Waals surface area (Å²) in [6.07, 6.45) is 4.23. The highest BCUT2D eigenvalue weighted by Crippen LogP contribution is 2.34. The molecule has 2 rings (SSSR count). The number of carboxylic acid groups (broad SMARTS) is 1. The van der Waals surface area contributed by atoms with Gasteiger partial charge in [-0.15, -0.1) is 0 Å². The summed E-state index contributed by atoms with van der Waals surface area (Å²) in [7, 11) is 0. The van der Waals surface area contributed by atoms with Crippen molar-refractivity contribution < 1.29 is 19.5 Å². The van der Waals surface area contributed by atoms with Gasteiger partial charge in [-0.25, -0.2) is 4.79 Å². The summed E-state index contributed by atoms with van der Waals surface area (Å²) in [5.41, 5.74) is 5.77. The van der Waals surface area contributed by atoms with Gasteiger partial charge < -0.3 is 10.8 Å². The first-order chi connectivity index (χ1) is 10.4. The van der Waals surface area contributed by atoms with Crippen LogP contribution in [0.25, 0.3) is 6.08 Å². The molecule has 0 bridgehead atoms. The number of carbonyl (C=O) groups is 3. The Morgan fingerprint density at radius 2 is 2.09 bits per heavy atom. The molecule has 0 aliphatic carbocycles. The molecule has 22 heavy (non-hydrogen) atoms. The molecular weight excluding hydrogens is 326 g/mol. The minimum Gasteiger partial charge on any atom is -0.480 e. The van der Waals surface area contributed by atoms with Crippen molar-refractivity contribution in [1.82, 2.24) is 9.88 Å². The number of rotatable bonds is 5. The molecule has 1 aromatic heterocycles. The molecular formula is C13H11N3O4S2. The zero-order chi connectivity index (χ0) is 16.3. The predicted octanol–water partition coefficient (Wildman–Crippen LogP) is 0.611. The minimum atomic E-state index is -1.40. The second kappa shape index (κ2) is 6.67. The maximum absolute atomic E-state index is 12.4. The van der Waals surface area contributed by atoms with Crippen molar-refractivity contribution in [1.29, 1.82) is 0 Å². The lowest BCUT2D eigenvalue weighted by molar-refractivity contribution is -0.146. The molecule has 1 aliphatic rings.